The predicted molar refractivity (Wildman–Crippen MR) is 121 cm³/mol. The summed E-state index contributed by atoms with van der Waals surface area (Å²) in [6.45, 7) is 1.70. The molecule has 0 spiro atoms. The van der Waals surface area contributed by atoms with Crippen LogP contribution in [0.3, 0.4) is 0 Å². The maximum atomic E-state index is 13.1. The molecule has 0 saturated heterocycles. The fourth-order valence-corrected chi connectivity index (χ4v) is 4.61. The molecule has 0 bridgehead atoms. The zero-order valence-corrected chi connectivity index (χ0v) is 18.7. The monoisotopic (exact) mass is 452 g/mol. The summed E-state index contributed by atoms with van der Waals surface area (Å²) in [4.78, 5) is 30.3. The van der Waals surface area contributed by atoms with Crippen molar-refractivity contribution in [1.82, 2.24) is 4.98 Å². The summed E-state index contributed by atoms with van der Waals surface area (Å²) >= 11 is 0. The van der Waals surface area contributed by atoms with Crippen molar-refractivity contribution in [2.45, 2.75) is 31.1 Å². The number of anilines is 1. The molecule has 1 aliphatic carbocycles. The standard InChI is InChI=1S/C24H24N2O5S/c1-15-7-12-21-19(13-15)23(18-5-3-4-6-20(18)26-21)24(28)31-14-22(27)25-16-8-10-17(11-9-16)32(2,29)30/h3-6,8-11,15H,7,12-14H2,1-2H3,(H,25,27). The van der Waals surface area contributed by atoms with Gasteiger partial charge in [0, 0.05) is 23.0 Å². The van der Waals surface area contributed by atoms with Crippen LogP contribution in [-0.2, 0) is 32.2 Å². The van der Waals surface area contributed by atoms with Crippen molar-refractivity contribution in [1.29, 1.82) is 0 Å². The Balaban J connectivity index is 1.51. The van der Waals surface area contributed by atoms with Crippen molar-refractivity contribution in [3.8, 4) is 0 Å². The molecule has 8 heteroatoms. The Labute approximate surface area is 186 Å². The molecule has 1 heterocycles. The first kappa shape index (κ1) is 22.0. The molecule has 1 atom stereocenters. The van der Waals surface area contributed by atoms with Gasteiger partial charge in [-0.1, -0.05) is 25.1 Å². The van der Waals surface area contributed by atoms with Gasteiger partial charge in [-0.15, -0.1) is 0 Å². The number of nitrogens with one attached hydrogen (secondary N) is 1. The quantitative estimate of drug-likeness (QED) is 0.594. The van der Waals surface area contributed by atoms with E-state index in [1.807, 2.05) is 24.3 Å². The number of amides is 1. The number of carbonyl (C=O) groups excluding carboxylic acids is 2. The van der Waals surface area contributed by atoms with Gasteiger partial charge < -0.3 is 10.1 Å². The SMILES string of the molecule is CC1CCc2nc3ccccc3c(C(=O)OCC(=O)Nc3ccc(S(C)(=O)=O)cc3)c2C1. The molecule has 1 unspecified atom stereocenters. The van der Waals surface area contributed by atoms with Crippen LogP contribution in [-0.4, -0.2) is 38.1 Å². The number of aryl methyl sites for hydroxylation is 1. The number of benzene rings is 2. The summed E-state index contributed by atoms with van der Waals surface area (Å²) in [5, 5.41) is 3.33. The Kier molecular flexibility index (Phi) is 5.97. The third-order valence-corrected chi connectivity index (χ3v) is 6.74. The number of hydrogen-bond donors (Lipinski definition) is 1. The van der Waals surface area contributed by atoms with Crippen LogP contribution in [0.15, 0.2) is 53.4 Å². The van der Waals surface area contributed by atoms with Crippen LogP contribution < -0.4 is 5.32 Å². The third-order valence-electron chi connectivity index (χ3n) is 5.61. The average Bonchev–Trinajstić information content (AvgIpc) is 2.75. The van der Waals surface area contributed by atoms with Crippen molar-refractivity contribution in [2.75, 3.05) is 18.2 Å². The van der Waals surface area contributed by atoms with E-state index >= 15 is 0 Å². The van der Waals surface area contributed by atoms with Crippen molar-refractivity contribution in [2.24, 2.45) is 5.92 Å². The molecule has 3 aromatic rings. The van der Waals surface area contributed by atoms with Gasteiger partial charge in [-0.2, -0.15) is 0 Å². The molecule has 166 valence electrons. The lowest BCUT2D eigenvalue weighted by Gasteiger charge is -2.24. The number of pyridine rings is 1. The molecule has 1 amide bonds. The fourth-order valence-electron chi connectivity index (χ4n) is 3.98. The molecule has 7 nitrogen and oxygen atoms in total. The van der Waals surface area contributed by atoms with Crippen molar-refractivity contribution < 1.29 is 22.7 Å². The Bertz CT molecular complexity index is 1300. The van der Waals surface area contributed by atoms with Crippen LogP contribution in [0.1, 0.15) is 35.0 Å². The molecule has 0 saturated carbocycles. The number of aromatic nitrogens is 1. The molecular formula is C24H24N2O5S. The number of sulfone groups is 1. The molecule has 4 rings (SSSR count). The predicted octanol–water partition coefficient (Wildman–Crippen LogP) is 3.56. The highest BCUT2D eigenvalue weighted by atomic mass is 32.2. The van der Waals surface area contributed by atoms with Crippen LogP contribution >= 0.6 is 0 Å². The van der Waals surface area contributed by atoms with Crippen LogP contribution in [0.2, 0.25) is 0 Å². The summed E-state index contributed by atoms with van der Waals surface area (Å²) in [5.41, 5.74) is 3.47. The molecule has 0 radical (unpaired) electrons. The third kappa shape index (κ3) is 4.65. The van der Waals surface area contributed by atoms with E-state index in [2.05, 4.69) is 12.2 Å². The van der Waals surface area contributed by atoms with E-state index in [-0.39, 0.29) is 4.90 Å². The minimum Gasteiger partial charge on any atom is -0.452 e. The number of hydrogen-bond acceptors (Lipinski definition) is 6. The topological polar surface area (TPSA) is 102 Å². The number of nitrogens with zero attached hydrogens (tertiary/aromatic N) is 1. The lowest BCUT2D eigenvalue weighted by atomic mass is 9.84. The smallest absolute Gasteiger partial charge is 0.339 e. The second kappa shape index (κ2) is 8.70. The van der Waals surface area contributed by atoms with Gasteiger partial charge in [0.05, 0.1) is 16.0 Å². The van der Waals surface area contributed by atoms with E-state index in [4.69, 9.17) is 9.72 Å². The highest BCUT2D eigenvalue weighted by molar-refractivity contribution is 7.90. The fraction of sp³-hybridized carbons (Fsp3) is 0.292. The van der Waals surface area contributed by atoms with Gasteiger partial charge in [-0.3, -0.25) is 9.78 Å². The summed E-state index contributed by atoms with van der Waals surface area (Å²) in [6.07, 6.45) is 3.69. The number of ether oxygens (including phenoxy) is 1. The van der Waals surface area contributed by atoms with Gasteiger partial charge in [-0.05, 0) is 61.1 Å². The molecule has 1 aliphatic rings. The van der Waals surface area contributed by atoms with Gasteiger partial charge in [0.15, 0.2) is 16.4 Å². The molecular weight excluding hydrogens is 428 g/mol. The van der Waals surface area contributed by atoms with E-state index in [1.54, 1.807) is 0 Å². The lowest BCUT2D eigenvalue weighted by molar-refractivity contribution is -0.119. The zero-order chi connectivity index (χ0) is 22.9. The van der Waals surface area contributed by atoms with Crippen LogP contribution in [0.25, 0.3) is 10.9 Å². The molecule has 2 aromatic carbocycles. The first-order chi connectivity index (χ1) is 15.2. The largest absolute Gasteiger partial charge is 0.452 e. The lowest BCUT2D eigenvalue weighted by Crippen LogP contribution is -2.23. The molecule has 0 fully saturated rings. The van der Waals surface area contributed by atoms with E-state index < -0.39 is 28.3 Å². The molecule has 1 N–H and O–H groups in total. The highest BCUT2D eigenvalue weighted by Crippen LogP contribution is 2.32. The Morgan fingerprint density at radius 1 is 1.12 bits per heavy atom. The van der Waals surface area contributed by atoms with Gasteiger partial charge >= 0.3 is 5.97 Å². The van der Waals surface area contributed by atoms with Gasteiger partial charge in [0.1, 0.15) is 0 Å². The van der Waals surface area contributed by atoms with Gasteiger partial charge in [-0.25, -0.2) is 13.2 Å². The van der Waals surface area contributed by atoms with Crippen LogP contribution in [0.4, 0.5) is 5.69 Å². The number of esters is 1. The molecule has 32 heavy (non-hydrogen) atoms. The Hall–Kier alpha value is -3.26. The van der Waals surface area contributed by atoms with Crippen molar-refractivity contribution in [3.05, 3.63) is 65.4 Å². The van der Waals surface area contributed by atoms with Gasteiger partial charge in [0.25, 0.3) is 5.91 Å². The molecule has 1 aromatic heterocycles. The number of para-hydroxylation sites is 1. The normalized spacial score (nSPS) is 15.8. The minimum atomic E-state index is -3.32. The second-order valence-corrected chi connectivity index (χ2v) is 10.2. The summed E-state index contributed by atoms with van der Waals surface area (Å²) in [6, 6.07) is 13.3. The summed E-state index contributed by atoms with van der Waals surface area (Å²) in [7, 11) is -3.32. The Morgan fingerprint density at radius 2 is 1.84 bits per heavy atom. The second-order valence-electron chi connectivity index (χ2n) is 8.20. The van der Waals surface area contributed by atoms with Gasteiger partial charge in [0.2, 0.25) is 0 Å². The Morgan fingerprint density at radius 3 is 2.56 bits per heavy atom. The maximum Gasteiger partial charge on any atom is 0.339 e. The van der Waals surface area contributed by atoms with E-state index in [0.717, 1.165) is 47.7 Å². The molecule has 0 aliphatic heterocycles. The van der Waals surface area contributed by atoms with Crippen molar-refractivity contribution >= 4 is 38.3 Å². The van der Waals surface area contributed by atoms with Crippen LogP contribution in [0.5, 0.6) is 0 Å². The highest BCUT2D eigenvalue weighted by Gasteiger charge is 2.26. The summed E-state index contributed by atoms with van der Waals surface area (Å²) < 4.78 is 28.5. The first-order valence-electron chi connectivity index (χ1n) is 10.4. The number of fused-ring (bicyclic) bond motifs is 2. The number of carbonyl (C=O) groups is 2. The van der Waals surface area contributed by atoms with E-state index in [0.29, 0.717) is 17.2 Å². The maximum absolute atomic E-state index is 13.1. The van der Waals surface area contributed by atoms with E-state index in [1.165, 1.54) is 24.3 Å². The first-order valence-corrected chi connectivity index (χ1v) is 12.3. The number of rotatable bonds is 5. The zero-order valence-electron chi connectivity index (χ0n) is 17.9. The van der Waals surface area contributed by atoms with Crippen molar-refractivity contribution in [3.63, 3.8) is 0 Å². The van der Waals surface area contributed by atoms with E-state index in [9.17, 15) is 18.0 Å². The summed E-state index contributed by atoms with van der Waals surface area (Å²) in [5.74, 6) is -0.613. The minimum absolute atomic E-state index is 0.158. The average molecular weight is 453 g/mol. The van der Waals surface area contributed by atoms with Crippen LogP contribution in [0, 0.1) is 5.92 Å².